The standard InChI is InChI=1S/C20H23NO9/c21-9-13(11-29-16(24)6-3-12-1-4-14(23)5-2-12)7-8-28-20-19(27)18(26)17(25)15(10-22)30-20/h1-7,15,17-20,22-23,25-27H,8,10-11H2/b6-3+,13-7+/t15-,17-,18+,19-,20-/m1/s1. The van der Waals surface area contributed by atoms with Gasteiger partial charge in [0.25, 0.3) is 0 Å². The summed E-state index contributed by atoms with van der Waals surface area (Å²) in [6.07, 6.45) is -3.08. The van der Waals surface area contributed by atoms with E-state index in [-0.39, 0.29) is 24.5 Å². The molecule has 162 valence electrons. The number of aliphatic hydroxyl groups excluding tert-OH is 4. The predicted octanol–water partition coefficient (Wildman–Crippen LogP) is -0.785. The fourth-order valence-corrected chi connectivity index (χ4v) is 2.53. The number of esters is 1. The number of rotatable bonds is 8. The summed E-state index contributed by atoms with van der Waals surface area (Å²) >= 11 is 0. The number of hydrogen-bond donors (Lipinski definition) is 5. The number of hydrogen-bond acceptors (Lipinski definition) is 10. The van der Waals surface area contributed by atoms with Crippen molar-refractivity contribution in [2.75, 3.05) is 19.8 Å². The molecule has 1 heterocycles. The van der Waals surface area contributed by atoms with Crippen LogP contribution in [0.1, 0.15) is 5.56 Å². The van der Waals surface area contributed by atoms with Crippen LogP contribution >= 0.6 is 0 Å². The maximum Gasteiger partial charge on any atom is 0.331 e. The maximum atomic E-state index is 11.7. The Bertz CT molecular complexity index is 797. The summed E-state index contributed by atoms with van der Waals surface area (Å²) in [6.45, 7) is -1.11. The third-order valence-electron chi connectivity index (χ3n) is 4.26. The van der Waals surface area contributed by atoms with Gasteiger partial charge in [-0.25, -0.2) is 4.79 Å². The van der Waals surface area contributed by atoms with Gasteiger partial charge >= 0.3 is 5.97 Å². The molecule has 1 saturated heterocycles. The Kier molecular flexibility index (Phi) is 8.94. The number of aromatic hydroxyl groups is 1. The Morgan fingerprint density at radius 1 is 1.17 bits per heavy atom. The van der Waals surface area contributed by atoms with E-state index in [0.29, 0.717) is 5.56 Å². The third kappa shape index (κ3) is 6.64. The van der Waals surface area contributed by atoms with Gasteiger partial charge in [-0.3, -0.25) is 0 Å². The van der Waals surface area contributed by atoms with Gasteiger partial charge < -0.3 is 39.7 Å². The van der Waals surface area contributed by atoms with Gasteiger partial charge in [-0.05, 0) is 29.8 Å². The average molecular weight is 421 g/mol. The number of carbonyl (C=O) groups excluding carboxylic acids is 1. The number of aliphatic hydroxyl groups is 4. The molecular formula is C20H23NO9. The largest absolute Gasteiger partial charge is 0.508 e. The summed E-state index contributed by atoms with van der Waals surface area (Å²) < 4.78 is 15.4. The number of phenols is 1. The van der Waals surface area contributed by atoms with E-state index in [1.54, 1.807) is 12.1 Å². The molecule has 0 aromatic heterocycles. The first-order chi connectivity index (χ1) is 14.3. The first-order valence-electron chi connectivity index (χ1n) is 9.00. The summed E-state index contributed by atoms with van der Waals surface area (Å²) in [5.41, 5.74) is 0.750. The second kappa shape index (κ2) is 11.4. The predicted molar refractivity (Wildman–Crippen MR) is 102 cm³/mol. The van der Waals surface area contributed by atoms with Crippen molar-refractivity contribution in [3.05, 3.63) is 47.6 Å². The molecule has 1 aromatic carbocycles. The zero-order chi connectivity index (χ0) is 22.1. The number of phenolic OH excluding ortho intramolecular Hbond substituents is 1. The van der Waals surface area contributed by atoms with Crippen molar-refractivity contribution in [2.24, 2.45) is 0 Å². The molecule has 0 saturated carbocycles. The van der Waals surface area contributed by atoms with Gasteiger partial charge in [-0.1, -0.05) is 12.1 Å². The van der Waals surface area contributed by atoms with E-state index in [0.717, 1.165) is 0 Å². The lowest BCUT2D eigenvalue weighted by atomic mass is 9.99. The molecule has 2 rings (SSSR count). The minimum atomic E-state index is -1.57. The quantitative estimate of drug-likeness (QED) is 0.204. The van der Waals surface area contributed by atoms with Crippen LogP contribution in [0.5, 0.6) is 5.75 Å². The van der Waals surface area contributed by atoms with Crippen LogP contribution in [0.4, 0.5) is 0 Å². The van der Waals surface area contributed by atoms with Crippen LogP contribution in [0.3, 0.4) is 0 Å². The van der Waals surface area contributed by atoms with Crippen molar-refractivity contribution >= 4 is 12.0 Å². The second-order valence-electron chi connectivity index (χ2n) is 6.40. The number of nitrogens with zero attached hydrogens (tertiary/aromatic N) is 1. The van der Waals surface area contributed by atoms with Crippen molar-refractivity contribution in [1.29, 1.82) is 5.26 Å². The first kappa shape index (κ1) is 23.5. The third-order valence-corrected chi connectivity index (χ3v) is 4.26. The van der Waals surface area contributed by atoms with E-state index < -0.39 is 43.3 Å². The smallest absolute Gasteiger partial charge is 0.331 e. The number of nitriles is 1. The minimum absolute atomic E-state index is 0.0750. The van der Waals surface area contributed by atoms with Gasteiger partial charge in [-0.2, -0.15) is 5.26 Å². The Hall–Kier alpha value is -2.78. The molecule has 0 bridgehead atoms. The normalized spacial score (nSPS) is 27.0. The molecule has 0 unspecified atom stereocenters. The van der Waals surface area contributed by atoms with Crippen molar-refractivity contribution in [1.82, 2.24) is 0 Å². The lowest BCUT2D eigenvalue weighted by Gasteiger charge is -2.39. The zero-order valence-electron chi connectivity index (χ0n) is 15.9. The van der Waals surface area contributed by atoms with E-state index in [4.69, 9.17) is 24.6 Å². The molecule has 30 heavy (non-hydrogen) atoms. The van der Waals surface area contributed by atoms with Gasteiger partial charge in [0.2, 0.25) is 0 Å². The SMILES string of the molecule is N#C/C(=C\CO[C@@H]1O[C@H](CO)[C@@H](O)[C@H](O)[C@H]1O)COC(=O)/C=C/c1ccc(O)cc1. The van der Waals surface area contributed by atoms with E-state index in [1.165, 1.54) is 30.4 Å². The molecule has 0 aliphatic carbocycles. The number of benzene rings is 1. The topological polar surface area (TPSA) is 170 Å². The summed E-state index contributed by atoms with van der Waals surface area (Å²) in [6, 6.07) is 7.99. The van der Waals surface area contributed by atoms with Gasteiger partial charge in [0, 0.05) is 6.08 Å². The molecule has 5 atom stereocenters. The summed E-state index contributed by atoms with van der Waals surface area (Å²) in [4.78, 5) is 11.7. The van der Waals surface area contributed by atoms with Crippen molar-refractivity contribution < 1.29 is 44.5 Å². The maximum absolute atomic E-state index is 11.7. The van der Waals surface area contributed by atoms with Crippen LogP contribution in [0.2, 0.25) is 0 Å². The van der Waals surface area contributed by atoms with Crippen LogP contribution in [0.25, 0.3) is 6.08 Å². The van der Waals surface area contributed by atoms with Crippen LogP contribution in [-0.2, 0) is 19.0 Å². The van der Waals surface area contributed by atoms with Crippen LogP contribution < -0.4 is 0 Å². The lowest BCUT2D eigenvalue weighted by molar-refractivity contribution is -0.298. The molecule has 5 N–H and O–H groups in total. The molecule has 10 heteroatoms. The van der Waals surface area contributed by atoms with Crippen molar-refractivity contribution in [3.63, 3.8) is 0 Å². The summed E-state index contributed by atoms with van der Waals surface area (Å²) in [5.74, 6) is -0.580. The highest BCUT2D eigenvalue weighted by Crippen LogP contribution is 2.22. The van der Waals surface area contributed by atoms with Gasteiger partial charge in [0.1, 0.15) is 36.8 Å². The summed E-state index contributed by atoms with van der Waals surface area (Å²) in [7, 11) is 0. The highest BCUT2D eigenvalue weighted by molar-refractivity contribution is 5.87. The van der Waals surface area contributed by atoms with E-state index in [1.807, 2.05) is 6.07 Å². The zero-order valence-corrected chi connectivity index (χ0v) is 15.9. The Labute approximate surface area is 172 Å². The molecule has 1 aromatic rings. The Morgan fingerprint density at radius 2 is 1.87 bits per heavy atom. The monoisotopic (exact) mass is 421 g/mol. The molecule has 1 aliphatic rings. The average Bonchev–Trinajstić information content (AvgIpc) is 2.75. The molecular weight excluding hydrogens is 398 g/mol. The van der Waals surface area contributed by atoms with E-state index in [2.05, 4.69) is 0 Å². The fraction of sp³-hybridized carbons (Fsp3) is 0.400. The highest BCUT2D eigenvalue weighted by Gasteiger charge is 2.43. The fourth-order valence-electron chi connectivity index (χ4n) is 2.53. The molecule has 10 nitrogen and oxygen atoms in total. The van der Waals surface area contributed by atoms with Gasteiger partial charge in [0.15, 0.2) is 6.29 Å². The first-order valence-corrected chi connectivity index (χ1v) is 9.00. The molecule has 0 spiro atoms. The van der Waals surface area contributed by atoms with Gasteiger partial charge in [0.05, 0.1) is 24.9 Å². The molecule has 1 fully saturated rings. The summed E-state index contributed by atoms with van der Waals surface area (Å²) in [5, 5.41) is 56.7. The Morgan fingerprint density at radius 3 is 2.50 bits per heavy atom. The van der Waals surface area contributed by atoms with E-state index in [9.17, 15) is 25.2 Å². The van der Waals surface area contributed by atoms with E-state index >= 15 is 0 Å². The van der Waals surface area contributed by atoms with Crippen molar-refractivity contribution in [3.8, 4) is 11.8 Å². The minimum Gasteiger partial charge on any atom is -0.508 e. The molecule has 1 aliphatic heterocycles. The second-order valence-corrected chi connectivity index (χ2v) is 6.40. The van der Waals surface area contributed by atoms with Crippen LogP contribution in [0.15, 0.2) is 42.0 Å². The van der Waals surface area contributed by atoms with Crippen LogP contribution in [0, 0.1) is 11.3 Å². The molecule has 0 radical (unpaired) electrons. The lowest BCUT2D eigenvalue weighted by Crippen LogP contribution is -2.59. The number of carbonyl (C=O) groups is 1. The Balaban J connectivity index is 1.82. The van der Waals surface area contributed by atoms with Crippen molar-refractivity contribution in [2.45, 2.75) is 30.7 Å². The molecule has 0 amide bonds. The van der Waals surface area contributed by atoms with Crippen LogP contribution in [-0.4, -0.2) is 82.0 Å². The number of ether oxygens (including phenoxy) is 3. The van der Waals surface area contributed by atoms with Gasteiger partial charge in [-0.15, -0.1) is 0 Å². The highest BCUT2D eigenvalue weighted by atomic mass is 16.7.